The highest BCUT2D eigenvalue weighted by Gasteiger charge is 2.30. The molecule has 33 heavy (non-hydrogen) atoms. The molecule has 3 rings (SSSR count). The van der Waals surface area contributed by atoms with Gasteiger partial charge in [0.05, 0.1) is 24.7 Å². The number of hydrogen-bond donors (Lipinski definition) is 1. The molecule has 2 aromatic carbocycles. The third-order valence-electron chi connectivity index (χ3n) is 5.25. The molecule has 1 heterocycles. The maximum atomic E-state index is 13.1. The lowest BCUT2D eigenvalue weighted by molar-refractivity contribution is -0.133. The summed E-state index contributed by atoms with van der Waals surface area (Å²) in [5.74, 6) is 0.00431. The highest BCUT2D eigenvalue weighted by Crippen LogP contribution is 2.18. The van der Waals surface area contributed by atoms with Crippen LogP contribution in [0, 0.1) is 5.92 Å². The first-order valence-electron chi connectivity index (χ1n) is 10.7. The van der Waals surface area contributed by atoms with E-state index in [2.05, 4.69) is 9.82 Å². The van der Waals surface area contributed by atoms with Crippen LogP contribution in [0.25, 0.3) is 0 Å². The van der Waals surface area contributed by atoms with Crippen LogP contribution in [0.5, 0.6) is 5.75 Å². The van der Waals surface area contributed by atoms with Crippen LogP contribution in [0.2, 0.25) is 0 Å². The minimum absolute atomic E-state index is 0.0755. The molecular formula is C24H30N4O4S. The summed E-state index contributed by atoms with van der Waals surface area (Å²) in [4.78, 5) is 14.7. The first-order valence-corrected chi connectivity index (χ1v) is 12.1. The van der Waals surface area contributed by atoms with E-state index in [4.69, 9.17) is 4.74 Å². The van der Waals surface area contributed by atoms with Gasteiger partial charge in [-0.05, 0) is 35.7 Å². The Balaban J connectivity index is 1.67. The Morgan fingerprint density at radius 1 is 1.09 bits per heavy atom. The fourth-order valence-electron chi connectivity index (χ4n) is 3.40. The van der Waals surface area contributed by atoms with Crippen LogP contribution in [0.15, 0.2) is 71.9 Å². The highest BCUT2D eigenvalue weighted by atomic mass is 32.2. The lowest BCUT2D eigenvalue weighted by atomic mass is 10.0. The zero-order chi connectivity index (χ0) is 24.0. The number of carbonyl (C=O) groups excluding carboxylic acids is 1. The van der Waals surface area contributed by atoms with Crippen LogP contribution in [-0.4, -0.2) is 49.2 Å². The van der Waals surface area contributed by atoms with Gasteiger partial charge in [0.1, 0.15) is 11.8 Å². The van der Waals surface area contributed by atoms with E-state index < -0.39 is 16.1 Å². The average Bonchev–Trinajstić information content (AvgIpc) is 3.24. The van der Waals surface area contributed by atoms with Crippen molar-refractivity contribution in [2.45, 2.75) is 37.9 Å². The monoisotopic (exact) mass is 470 g/mol. The first kappa shape index (κ1) is 24.5. The fraction of sp³-hybridized carbons (Fsp3) is 0.333. The van der Waals surface area contributed by atoms with Crippen LogP contribution in [0.1, 0.15) is 25.0 Å². The lowest BCUT2D eigenvalue weighted by Crippen LogP contribution is -2.49. The molecule has 0 bridgehead atoms. The van der Waals surface area contributed by atoms with E-state index in [-0.39, 0.29) is 16.7 Å². The molecule has 176 valence electrons. The number of hydrogen-bond acceptors (Lipinski definition) is 5. The van der Waals surface area contributed by atoms with Gasteiger partial charge in [-0.1, -0.05) is 44.2 Å². The van der Waals surface area contributed by atoms with Crippen molar-refractivity contribution in [2.24, 2.45) is 5.92 Å². The predicted octanol–water partition coefficient (Wildman–Crippen LogP) is 2.90. The van der Waals surface area contributed by atoms with Gasteiger partial charge < -0.3 is 9.64 Å². The molecule has 0 unspecified atom stereocenters. The molecule has 1 atom stereocenters. The molecule has 0 aliphatic carbocycles. The molecule has 8 nitrogen and oxygen atoms in total. The topological polar surface area (TPSA) is 93.5 Å². The van der Waals surface area contributed by atoms with E-state index in [1.54, 1.807) is 25.4 Å². The second-order valence-electron chi connectivity index (χ2n) is 8.24. The van der Waals surface area contributed by atoms with E-state index >= 15 is 0 Å². The minimum atomic E-state index is -3.88. The number of methoxy groups -OCH3 is 1. The Kier molecular flexibility index (Phi) is 7.88. The molecule has 0 radical (unpaired) electrons. The average molecular weight is 471 g/mol. The number of benzene rings is 2. The molecule has 9 heteroatoms. The molecule has 1 N–H and O–H groups in total. The van der Waals surface area contributed by atoms with Crippen LogP contribution in [0.3, 0.4) is 0 Å². The molecule has 0 aliphatic heterocycles. The zero-order valence-corrected chi connectivity index (χ0v) is 20.1. The summed E-state index contributed by atoms with van der Waals surface area (Å²) in [6.45, 7) is 4.57. The van der Waals surface area contributed by atoms with Gasteiger partial charge in [0.2, 0.25) is 15.9 Å². The maximum absolute atomic E-state index is 13.1. The van der Waals surface area contributed by atoms with E-state index in [0.29, 0.717) is 18.8 Å². The molecule has 0 saturated heterocycles. The van der Waals surface area contributed by atoms with Gasteiger partial charge in [-0.15, -0.1) is 0 Å². The lowest BCUT2D eigenvalue weighted by Gasteiger charge is -2.26. The number of ether oxygens (including phenoxy) is 1. The summed E-state index contributed by atoms with van der Waals surface area (Å²) in [5.41, 5.74) is 1.99. The summed E-state index contributed by atoms with van der Waals surface area (Å²) in [7, 11) is -0.710. The minimum Gasteiger partial charge on any atom is -0.497 e. The molecule has 0 aliphatic rings. The summed E-state index contributed by atoms with van der Waals surface area (Å²) >= 11 is 0. The van der Waals surface area contributed by atoms with Crippen molar-refractivity contribution in [3.8, 4) is 5.75 Å². The van der Waals surface area contributed by atoms with Crippen molar-refractivity contribution in [1.29, 1.82) is 0 Å². The Morgan fingerprint density at radius 2 is 1.76 bits per heavy atom. The van der Waals surface area contributed by atoms with Crippen molar-refractivity contribution < 1.29 is 17.9 Å². The molecule has 1 aromatic heterocycles. The van der Waals surface area contributed by atoms with E-state index in [9.17, 15) is 13.2 Å². The number of carbonyl (C=O) groups is 1. The first-order chi connectivity index (χ1) is 15.7. The van der Waals surface area contributed by atoms with Gasteiger partial charge in [-0.3, -0.25) is 9.48 Å². The summed E-state index contributed by atoms with van der Waals surface area (Å²) in [6.07, 6.45) is 3.61. The van der Waals surface area contributed by atoms with E-state index in [1.807, 2.05) is 55.1 Å². The Morgan fingerprint density at radius 3 is 2.36 bits per heavy atom. The van der Waals surface area contributed by atoms with E-state index in [0.717, 1.165) is 11.1 Å². The Labute approximate surface area is 195 Å². The molecule has 1 amide bonds. The van der Waals surface area contributed by atoms with Crippen molar-refractivity contribution in [1.82, 2.24) is 19.4 Å². The maximum Gasteiger partial charge on any atom is 0.241 e. The normalized spacial score (nSPS) is 12.5. The number of nitrogens with zero attached hydrogens (tertiary/aromatic N) is 3. The summed E-state index contributed by atoms with van der Waals surface area (Å²) < 4.78 is 35.2. The second-order valence-corrected chi connectivity index (χ2v) is 9.96. The highest BCUT2D eigenvalue weighted by molar-refractivity contribution is 7.89. The Bertz CT molecular complexity index is 1160. The van der Waals surface area contributed by atoms with Crippen LogP contribution < -0.4 is 9.46 Å². The molecule has 0 spiro atoms. The third kappa shape index (κ3) is 6.43. The number of aromatic nitrogens is 2. The van der Waals surface area contributed by atoms with Crippen molar-refractivity contribution in [3.63, 3.8) is 0 Å². The zero-order valence-electron chi connectivity index (χ0n) is 19.3. The van der Waals surface area contributed by atoms with Crippen LogP contribution >= 0.6 is 0 Å². The van der Waals surface area contributed by atoms with Gasteiger partial charge in [-0.2, -0.15) is 9.82 Å². The van der Waals surface area contributed by atoms with Crippen molar-refractivity contribution >= 4 is 15.9 Å². The smallest absolute Gasteiger partial charge is 0.241 e. The number of likely N-dealkylation sites (N-methyl/N-ethyl adjacent to an activating group) is 1. The summed E-state index contributed by atoms with van der Waals surface area (Å²) in [5, 5.41) is 4.37. The molecular weight excluding hydrogens is 440 g/mol. The largest absolute Gasteiger partial charge is 0.497 e. The predicted molar refractivity (Wildman–Crippen MR) is 126 cm³/mol. The quantitative estimate of drug-likeness (QED) is 0.492. The number of nitrogens with one attached hydrogen (secondary N) is 1. The molecule has 0 saturated carbocycles. The number of rotatable bonds is 10. The van der Waals surface area contributed by atoms with E-state index in [1.165, 1.54) is 24.1 Å². The van der Waals surface area contributed by atoms with Gasteiger partial charge in [0, 0.05) is 25.4 Å². The standard InChI is InChI=1S/C24H30N4O4S/c1-18(2)23(26-33(30,31)22-12-10-21(32-4)11-13-22)24(29)27(3)15-20-14-25-28(17-20)16-19-8-6-5-7-9-19/h5-14,17-18,23,26H,15-16H2,1-4H3/t23-/m0/s1. The van der Waals surface area contributed by atoms with Crippen LogP contribution in [-0.2, 0) is 27.9 Å². The van der Waals surface area contributed by atoms with Gasteiger partial charge in [0.25, 0.3) is 0 Å². The molecule has 0 fully saturated rings. The summed E-state index contributed by atoms with van der Waals surface area (Å²) in [6, 6.07) is 15.1. The number of amides is 1. The fourth-order valence-corrected chi connectivity index (χ4v) is 4.73. The molecule has 3 aromatic rings. The van der Waals surface area contributed by atoms with Crippen LogP contribution in [0.4, 0.5) is 0 Å². The van der Waals surface area contributed by atoms with Gasteiger partial charge in [-0.25, -0.2) is 8.42 Å². The third-order valence-corrected chi connectivity index (χ3v) is 6.71. The SMILES string of the molecule is COc1ccc(S(=O)(=O)N[C@H](C(=O)N(C)Cc2cnn(Cc3ccccc3)c2)C(C)C)cc1. The van der Waals surface area contributed by atoms with Crippen molar-refractivity contribution in [2.75, 3.05) is 14.2 Å². The number of sulfonamides is 1. The second kappa shape index (κ2) is 10.6. The van der Waals surface area contributed by atoms with Crippen molar-refractivity contribution in [3.05, 3.63) is 78.1 Å². The van der Waals surface area contributed by atoms with Gasteiger partial charge >= 0.3 is 0 Å². The van der Waals surface area contributed by atoms with Gasteiger partial charge in [0.15, 0.2) is 0 Å². The Hall–Kier alpha value is -3.17.